The van der Waals surface area contributed by atoms with Crippen LogP contribution in [0.4, 0.5) is 11.5 Å². The third-order valence-electron chi connectivity index (χ3n) is 7.62. The number of carbonyl (C=O) groups is 1. The van der Waals surface area contributed by atoms with Crippen LogP contribution in [-0.2, 0) is 11.2 Å². The summed E-state index contributed by atoms with van der Waals surface area (Å²) in [4.78, 5) is 31.9. The monoisotopic (exact) mass is 623 g/mol. The summed E-state index contributed by atoms with van der Waals surface area (Å²) in [5.41, 5.74) is 3.66. The number of fused-ring (bicyclic) bond motifs is 3. The molecular weight excluding hydrogens is 590 g/mol. The molecule has 2 aliphatic heterocycles. The number of aromatic nitrogens is 2. The lowest BCUT2D eigenvalue weighted by molar-refractivity contribution is -0.120. The number of ether oxygens (including phenoxy) is 1. The Balaban J connectivity index is 1.09. The van der Waals surface area contributed by atoms with E-state index in [0.717, 1.165) is 76.6 Å². The van der Waals surface area contributed by atoms with Crippen LogP contribution >= 0.6 is 34.7 Å². The van der Waals surface area contributed by atoms with Crippen molar-refractivity contribution in [2.75, 3.05) is 63.5 Å². The molecule has 2 aliphatic rings. The maximum absolute atomic E-state index is 12.7. The van der Waals surface area contributed by atoms with E-state index in [1.54, 1.807) is 29.4 Å². The lowest BCUT2D eigenvalue weighted by atomic mass is 10.1. The Kier molecular flexibility index (Phi) is 9.40. The Morgan fingerprint density at radius 2 is 1.98 bits per heavy atom. The molecule has 2 N–H and O–H groups in total. The standard InChI is InChI=1S/C30H34ClN7O2S2/c1-2-37-9-11-38(12-10-37)8-7-32-27(39)14-20-3-5-23-26(13-20)42-30-28(23)29(33-18-34-30)36-21-4-6-25(24(31)15-21)40-16-22-17-41-19-35-22/h3-6,13,15,18-19,22H,2,7-12,14,16-17H2,1H3,(H,32,39)(H,33,34,36). The lowest BCUT2D eigenvalue weighted by Crippen LogP contribution is -2.48. The molecule has 0 spiro atoms. The highest BCUT2D eigenvalue weighted by molar-refractivity contribution is 8.12. The van der Waals surface area contributed by atoms with E-state index in [9.17, 15) is 4.79 Å². The van der Waals surface area contributed by atoms with Gasteiger partial charge in [-0.2, -0.15) is 0 Å². The molecule has 6 rings (SSSR count). The van der Waals surface area contributed by atoms with Crippen molar-refractivity contribution in [3.63, 3.8) is 0 Å². The maximum atomic E-state index is 12.7. The van der Waals surface area contributed by atoms with E-state index < -0.39 is 0 Å². The summed E-state index contributed by atoms with van der Waals surface area (Å²) >= 11 is 9.83. The Morgan fingerprint density at radius 1 is 1.12 bits per heavy atom. The number of thiophene rings is 1. The van der Waals surface area contributed by atoms with Crippen LogP contribution in [-0.4, -0.2) is 95.4 Å². The summed E-state index contributed by atoms with van der Waals surface area (Å²) in [6.07, 6.45) is 1.92. The minimum absolute atomic E-state index is 0.0453. The zero-order valence-electron chi connectivity index (χ0n) is 23.5. The molecule has 2 aromatic heterocycles. The number of aliphatic imine (C=N–C) groups is 1. The molecule has 9 nitrogen and oxygen atoms in total. The number of thioether (sulfide) groups is 1. The van der Waals surface area contributed by atoms with Crippen molar-refractivity contribution in [1.29, 1.82) is 0 Å². The van der Waals surface area contributed by atoms with Gasteiger partial charge in [-0.25, -0.2) is 9.97 Å². The summed E-state index contributed by atoms with van der Waals surface area (Å²) < 4.78 is 6.97. The molecule has 0 radical (unpaired) electrons. The fraction of sp³-hybridized carbons (Fsp3) is 0.400. The fourth-order valence-corrected chi connectivity index (χ4v) is 7.31. The molecular formula is C30H34ClN7O2S2. The van der Waals surface area contributed by atoms with E-state index in [1.165, 1.54) is 0 Å². The quantitative estimate of drug-likeness (QED) is 0.239. The average Bonchev–Trinajstić information content (AvgIpc) is 3.65. The van der Waals surface area contributed by atoms with E-state index in [4.69, 9.17) is 16.3 Å². The van der Waals surface area contributed by atoms with Gasteiger partial charge in [0.05, 0.1) is 28.4 Å². The number of hydrogen-bond donors (Lipinski definition) is 2. The number of likely N-dealkylation sites (N-methyl/N-ethyl adjacent to an activating group) is 1. The second-order valence-electron chi connectivity index (χ2n) is 10.5. The van der Waals surface area contributed by atoms with Gasteiger partial charge in [-0.05, 0) is 36.4 Å². The van der Waals surface area contributed by atoms with E-state index in [-0.39, 0.29) is 11.9 Å². The molecule has 1 saturated heterocycles. The van der Waals surface area contributed by atoms with Crippen LogP contribution < -0.4 is 15.4 Å². The Bertz CT molecular complexity index is 1590. The number of carbonyl (C=O) groups excluding carboxylic acids is 1. The van der Waals surface area contributed by atoms with Gasteiger partial charge in [0, 0.05) is 60.8 Å². The van der Waals surface area contributed by atoms with Crippen LogP contribution in [0.3, 0.4) is 0 Å². The topological polar surface area (TPSA) is 95.0 Å². The highest BCUT2D eigenvalue weighted by Crippen LogP contribution is 2.38. The number of hydrogen-bond acceptors (Lipinski definition) is 10. The van der Waals surface area contributed by atoms with Gasteiger partial charge in [0.25, 0.3) is 0 Å². The number of halogens is 1. The molecule has 1 fully saturated rings. The smallest absolute Gasteiger partial charge is 0.224 e. The number of rotatable bonds is 11. The van der Waals surface area contributed by atoms with Crippen LogP contribution in [0.5, 0.6) is 5.75 Å². The molecule has 2 aromatic carbocycles. The number of benzene rings is 2. The average molecular weight is 624 g/mol. The molecule has 1 unspecified atom stereocenters. The van der Waals surface area contributed by atoms with Gasteiger partial charge < -0.3 is 20.3 Å². The van der Waals surface area contributed by atoms with Gasteiger partial charge in [0.2, 0.25) is 5.91 Å². The highest BCUT2D eigenvalue weighted by Gasteiger charge is 2.17. The predicted octanol–water partition coefficient (Wildman–Crippen LogP) is 5.06. The largest absolute Gasteiger partial charge is 0.490 e. The van der Waals surface area contributed by atoms with Crippen LogP contribution in [0.1, 0.15) is 12.5 Å². The minimum atomic E-state index is 0.0453. The molecule has 12 heteroatoms. The molecule has 0 aliphatic carbocycles. The minimum Gasteiger partial charge on any atom is -0.490 e. The summed E-state index contributed by atoms with van der Waals surface area (Å²) in [7, 11) is 0. The molecule has 4 heterocycles. The van der Waals surface area contributed by atoms with Gasteiger partial charge in [0.1, 0.15) is 29.3 Å². The molecule has 220 valence electrons. The highest BCUT2D eigenvalue weighted by atomic mass is 35.5. The Morgan fingerprint density at radius 3 is 2.76 bits per heavy atom. The number of amides is 1. The van der Waals surface area contributed by atoms with Gasteiger partial charge in [-0.15, -0.1) is 23.1 Å². The zero-order valence-corrected chi connectivity index (χ0v) is 25.9. The van der Waals surface area contributed by atoms with E-state index in [1.807, 2.05) is 29.8 Å². The molecule has 4 aromatic rings. The first-order valence-corrected chi connectivity index (χ1v) is 16.5. The van der Waals surface area contributed by atoms with Crippen LogP contribution in [0.25, 0.3) is 20.3 Å². The van der Waals surface area contributed by atoms with Crippen molar-refractivity contribution in [2.45, 2.75) is 19.4 Å². The maximum Gasteiger partial charge on any atom is 0.224 e. The van der Waals surface area contributed by atoms with Crippen molar-refractivity contribution >= 4 is 78.0 Å². The van der Waals surface area contributed by atoms with E-state index >= 15 is 0 Å². The normalized spacial score (nSPS) is 17.7. The van der Waals surface area contributed by atoms with Gasteiger partial charge in [0.15, 0.2) is 0 Å². The van der Waals surface area contributed by atoms with Gasteiger partial charge >= 0.3 is 0 Å². The summed E-state index contributed by atoms with van der Waals surface area (Å²) in [5, 5.41) is 9.03. The molecule has 0 saturated carbocycles. The second-order valence-corrected chi connectivity index (χ2v) is 12.8. The van der Waals surface area contributed by atoms with E-state index in [0.29, 0.717) is 36.2 Å². The number of piperazine rings is 1. The lowest BCUT2D eigenvalue weighted by Gasteiger charge is -2.33. The van der Waals surface area contributed by atoms with Crippen LogP contribution in [0.2, 0.25) is 5.02 Å². The molecule has 0 bridgehead atoms. The SMILES string of the molecule is CCN1CCN(CCNC(=O)Cc2ccc3c(c2)sc2ncnc(Nc4ccc(OCC5CSC=N5)c(Cl)c4)c23)CC1. The van der Waals surface area contributed by atoms with E-state index in [2.05, 4.69) is 54.5 Å². The van der Waals surface area contributed by atoms with Gasteiger partial charge in [-0.1, -0.05) is 30.7 Å². The first-order chi connectivity index (χ1) is 20.6. The number of anilines is 2. The second kappa shape index (κ2) is 13.6. The van der Waals surface area contributed by atoms with Crippen molar-refractivity contribution in [1.82, 2.24) is 25.1 Å². The summed E-state index contributed by atoms with van der Waals surface area (Å²) in [6.45, 7) is 9.71. The third kappa shape index (κ3) is 6.98. The first kappa shape index (κ1) is 29.1. The molecule has 1 atom stereocenters. The third-order valence-corrected chi connectivity index (χ3v) is 9.83. The fourth-order valence-electron chi connectivity index (χ4n) is 5.22. The zero-order chi connectivity index (χ0) is 28.9. The number of nitrogens with one attached hydrogen (secondary N) is 2. The summed E-state index contributed by atoms with van der Waals surface area (Å²) in [5.74, 6) is 2.32. The van der Waals surface area contributed by atoms with Crippen molar-refractivity contribution in [3.05, 3.63) is 53.3 Å². The Labute approximate surface area is 258 Å². The molecule has 1 amide bonds. The van der Waals surface area contributed by atoms with Crippen molar-refractivity contribution in [2.24, 2.45) is 4.99 Å². The van der Waals surface area contributed by atoms with Gasteiger partial charge in [-0.3, -0.25) is 14.7 Å². The summed E-state index contributed by atoms with van der Waals surface area (Å²) in [6, 6.07) is 12.0. The Hall–Kier alpha value is -2.96. The van der Waals surface area contributed by atoms with Crippen LogP contribution in [0.15, 0.2) is 47.7 Å². The van der Waals surface area contributed by atoms with Crippen LogP contribution in [0, 0.1) is 0 Å². The first-order valence-electron chi connectivity index (χ1n) is 14.3. The molecule has 42 heavy (non-hydrogen) atoms. The number of nitrogens with zero attached hydrogens (tertiary/aromatic N) is 5. The predicted molar refractivity (Wildman–Crippen MR) is 175 cm³/mol. The van der Waals surface area contributed by atoms with Crippen molar-refractivity contribution in [3.8, 4) is 5.75 Å². The van der Waals surface area contributed by atoms with Crippen molar-refractivity contribution < 1.29 is 9.53 Å².